The van der Waals surface area contributed by atoms with Gasteiger partial charge in [-0.2, -0.15) is 0 Å². The molecule has 1 atom stereocenters. The van der Waals surface area contributed by atoms with Crippen LogP contribution >= 0.6 is 23.1 Å². The number of nitrogens with zero attached hydrogens (tertiary/aromatic N) is 3. The van der Waals surface area contributed by atoms with Crippen LogP contribution in [0.15, 0.2) is 107 Å². The first-order valence-electron chi connectivity index (χ1n) is 15.5. The number of amides is 1. The third kappa shape index (κ3) is 7.60. The maximum absolute atomic E-state index is 13.8. The van der Waals surface area contributed by atoms with E-state index in [1.54, 1.807) is 54.6 Å². The number of ether oxygens (including phenoxy) is 3. The minimum absolute atomic E-state index is 0.106. The Morgan fingerprint density at radius 1 is 0.857 bits per heavy atom. The average molecular weight is 698 g/mol. The molecule has 6 rings (SSSR count). The second-order valence-corrected chi connectivity index (χ2v) is 13.0. The summed E-state index contributed by atoms with van der Waals surface area (Å²) < 4.78 is 31.5. The van der Waals surface area contributed by atoms with Crippen LogP contribution in [0, 0.1) is 5.82 Å². The maximum Gasteiger partial charge on any atom is 0.301 e. The molecule has 1 fully saturated rings. The molecule has 1 amide bonds. The van der Waals surface area contributed by atoms with Crippen molar-refractivity contribution < 1.29 is 33.3 Å². The molecule has 250 valence electrons. The third-order valence-corrected chi connectivity index (χ3v) is 9.71. The third-order valence-electron chi connectivity index (χ3n) is 7.58. The van der Waals surface area contributed by atoms with Gasteiger partial charge in [0.1, 0.15) is 23.9 Å². The first-order chi connectivity index (χ1) is 23.9. The predicted molar refractivity (Wildman–Crippen MR) is 187 cm³/mol. The van der Waals surface area contributed by atoms with Crippen LogP contribution in [0.1, 0.15) is 42.1 Å². The quantitative estimate of drug-likeness (QED) is 0.0431. The predicted octanol–water partition coefficient (Wildman–Crippen LogP) is 7.97. The van der Waals surface area contributed by atoms with Gasteiger partial charge in [-0.05, 0) is 79.1 Å². The highest BCUT2D eigenvalue weighted by atomic mass is 32.2. The molecule has 1 N–H and O–H groups in total. The molecule has 2 heterocycles. The Kier molecular flexibility index (Phi) is 10.6. The number of halogens is 1. The SMILES string of the molecule is CCOc1ccc(/C(O)=C2\C(=O)C(=O)N(c3nnc(SCc4ccc(F)cc4)s3)C2c2ccc(OCc3ccccc3)c(OCC)c2)cc1. The minimum Gasteiger partial charge on any atom is -0.507 e. The van der Waals surface area contributed by atoms with Gasteiger partial charge in [0.25, 0.3) is 5.78 Å². The molecule has 1 unspecified atom stereocenters. The Morgan fingerprint density at radius 3 is 2.31 bits per heavy atom. The van der Waals surface area contributed by atoms with Gasteiger partial charge in [-0.1, -0.05) is 71.6 Å². The monoisotopic (exact) mass is 697 g/mol. The van der Waals surface area contributed by atoms with Gasteiger partial charge in [-0.3, -0.25) is 14.5 Å². The van der Waals surface area contributed by atoms with Crippen LogP contribution in [0.5, 0.6) is 17.2 Å². The van der Waals surface area contributed by atoms with Crippen LogP contribution in [0.25, 0.3) is 5.76 Å². The van der Waals surface area contributed by atoms with Crippen molar-refractivity contribution in [1.29, 1.82) is 0 Å². The van der Waals surface area contributed by atoms with Crippen molar-refractivity contribution in [2.75, 3.05) is 18.1 Å². The number of hydrogen-bond acceptors (Lipinski definition) is 10. The fraction of sp³-hybridized carbons (Fsp3) is 0.189. The molecule has 12 heteroatoms. The zero-order valence-electron chi connectivity index (χ0n) is 26.7. The zero-order valence-corrected chi connectivity index (χ0v) is 28.3. The number of benzene rings is 4. The van der Waals surface area contributed by atoms with E-state index < -0.39 is 17.7 Å². The molecule has 1 aromatic heterocycles. The van der Waals surface area contributed by atoms with E-state index in [9.17, 15) is 19.1 Å². The maximum atomic E-state index is 13.8. The summed E-state index contributed by atoms with van der Waals surface area (Å²) in [6.07, 6.45) is 0. The van der Waals surface area contributed by atoms with Crippen molar-refractivity contribution in [1.82, 2.24) is 10.2 Å². The standard InChI is InChI=1S/C37H32FN3O6S2/c1-3-45-28-17-12-25(13-18-28)33(42)31-32(26-14-19-29(30(20-26)46-4-2)47-21-23-8-6-5-7-9-23)41(35(44)34(31)43)36-39-40-37(49-36)48-22-24-10-15-27(38)16-11-24/h5-20,32,42H,3-4,21-22H2,1-2H3/b33-31+. The molecule has 0 bridgehead atoms. The Hall–Kier alpha value is -5.20. The first-order valence-corrected chi connectivity index (χ1v) is 17.3. The molecule has 0 spiro atoms. The number of rotatable bonds is 13. The molecular formula is C37H32FN3O6S2. The van der Waals surface area contributed by atoms with E-state index in [4.69, 9.17) is 14.2 Å². The van der Waals surface area contributed by atoms with Gasteiger partial charge < -0.3 is 19.3 Å². The number of aromatic nitrogens is 2. The van der Waals surface area contributed by atoms with Crippen LogP contribution in [0.4, 0.5) is 9.52 Å². The van der Waals surface area contributed by atoms with E-state index >= 15 is 0 Å². The number of carbonyl (C=O) groups excluding carboxylic acids is 2. The number of thioether (sulfide) groups is 1. The Labute approximate surface area is 291 Å². The lowest BCUT2D eigenvalue weighted by Gasteiger charge is -2.23. The molecular weight excluding hydrogens is 666 g/mol. The number of aliphatic hydroxyl groups excluding tert-OH is 1. The molecule has 1 aliphatic rings. The molecule has 1 aliphatic heterocycles. The summed E-state index contributed by atoms with van der Waals surface area (Å²) in [6.45, 7) is 4.82. The van der Waals surface area contributed by atoms with Gasteiger partial charge in [-0.25, -0.2) is 4.39 Å². The molecule has 5 aromatic rings. The highest BCUT2D eigenvalue weighted by molar-refractivity contribution is 8.00. The summed E-state index contributed by atoms with van der Waals surface area (Å²) in [4.78, 5) is 28.8. The molecule has 0 aliphatic carbocycles. The zero-order chi connectivity index (χ0) is 34.3. The van der Waals surface area contributed by atoms with Gasteiger partial charge in [0.15, 0.2) is 15.8 Å². The summed E-state index contributed by atoms with van der Waals surface area (Å²) in [7, 11) is 0. The van der Waals surface area contributed by atoms with Crippen molar-refractivity contribution in [3.63, 3.8) is 0 Å². The Morgan fingerprint density at radius 2 is 1.59 bits per heavy atom. The Balaban J connectivity index is 1.39. The highest BCUT2D eigenvalue weighted by Crippen LogP contribution is 2.46. The van der Waals surface area contributed by atoms with Crippen LogP contribution in [0.2, 0.25) is 0 Å². The Bertz CT molecular complexity index is 1970. The molecule has 1 saturated heterocycles. The van der Waals surface area contributed by atoms with E-state index in [2.05, 4.69) is 10.2 Å². The lowest BCUT2D eigenvalue weighted by molar-refractivity contribution is -0.132. The topological polar surface area (TPSA) is 111 Å². The van der Waals surface area contributed by atoms with Gasteiger partial charge in [0.2, 0.25) is 5.13 Å². The van der Waals surface area contributed by atoms with Crippen molar-refractivity contribution in [3.05, 3.63) is 131 Å². The number of aliphatic hydroxyl groups is 1. The van der Waals surface area contributed by atoms with Crippen LogP contribution in [0.3, 0.4) is 0 Å². The second-order valence-electron chi connectivity index (χ2n) is 10.8. The van der Waals surface area contributed by atoms with E-state index in [1.807, 2.05) is 44.2 Å². The molecule has 49 heavy (non-hydrogen) atoms. The second kappa shape index (κ2) is 15.3. The lowest BCUT2D eigenvalue weighted by Crippen LogP contribution is -2.29. The van der Waals surface area contributed by atoms with Crippen LogP contribution in [-0.2, 0) is 21.9 Å². The fourth-order valence-electron chi connectivity index (χ4n) is 5.28. The van der Waals surface area contributed by atoms with E-state index in [-0.39, 0.29) is 22.3 Å². The number of ketones is 1. The smallest absolute Gasteiger partial charge is 0.301 e. The van der Waals surface area contributed by atoms with Crippen LogP contribution < -0.4 is 19.1 Å². The largest absolute Gasteiger partial charge is 0.507 e. The van der Waals surface area contributed by atoms with E-state index in [1.165, 1.54) is 28.8 Å². The molecule has 9 nitrogen and oxygen atoms in total. The molecule has 4 aromatic carbocycles. The van der Waals surface area contributed by atoms with Crippen molar-refractivity contribution in [2.45, 2.75) is 36.6 Å². The van der Waals surface area contributed by atoms with Gasteiger partial charge in [0.05, 0.1) is 24.8 Å². The summed E-state index contributed by atoms with van der Waals surface area (Å²) in [5, 5.41) is 20.4. The van der Waals surface area contributed by atoms with Crippen LogP contribution in [-0.4, -0.2) is 40.2 Å². The van der Waals surface area contributed by atoms with E-state index in [0.717, 1.165) is 22.5 Å². The fourth-order valence-corrected chi connectivity index (χ4v) is 7.10. The summed E-state index contributed by atoms with van der Waals surface area (Å²) in [5.74, 6) is -0.397. The summed E-state index contributed by atoms with van der Waals surface area (Å²) in [5.41, 5.74) is 2.59. The summed E-state index contributed by atoms with van der Waals surface area (Å²) >= 11 is 2.51. The normalized spacial score (nSPS) is 15.4. The van der Waals surface area contributed by atoms with Crippen molar-refractivity contribution >= 4 is 45.7 Å². The number of hydrogen-bond donors (Lipinski definition) is 1. The van der Waals surface area contributed by atoms with Gasteiger partial charge in [-0.15, -0.1) is 10.2 Å². The number of Topliss-reactive ketones (excluding diaryl/α,β-unsaturated/α-hetero) is 1. The average Bonchev–Trinajstić information content (AvgIpc) is 3.69. The van der Waals surface area contributed by atoms with Gasteiger partial charge in [0, 0.05) is 11.3 Å². The molecule has 0 saturated carbocycles. The minimum atomic E-state index is -1.06. The molecule has 0 radical (unpaired) electrons. The summed E-state index contributed by atoms with van der Waals surface area (Å²) in [6, 6.07) is 26.6. The van der Waals surface area contributed by atoms with Crippen molar-refractivity contribution in [3.8, 4) is 17.2 Å². The van der Waals surface area contributed by atoms with Gasteiger partial charge >= 0.3 is 5.91 Å². The number of anilines is 1. The highest BCUT2D eigenvalue weighted by Gasteiger charge is 2.48. The number of carbonyl (C=O) groups is 2. The van der Waals surface area contributed by atoms with Crippen molar-refractivity contribution in [2.24, 2.45) is 0 Å². The van der Waals surface area contributed by atoms with E-state index in [0.29, 0.717) is 58.3 Å². The first kappa shape index (κ1) is 33.7. The lowest BCUT2D eigenvalue weighted by atomic mass is 9.95.